The summed E-state index contributed by atoms with van der Waals surface area (Å²) in [6, 6.07) is 7.66. The van der Waals surface area contributed by atoms with Gasteiger partial charge in [0.2, 0.25) is 0 Å². The molecule has 2 rings (SSSR count). The first-order valence-electron chi connectivity index (χ1n) is 4.97. The minimum atomic E-state index is -0.380. The van der Waals surface area contributed by atoms with Crippen molar-refractivity contribution in [2.24, 2.45) is 5.73 Å². The van der Waals surface area contributed by atoms with E-state index in [0.29, 0.717) is 0 Å². The molecule has 84 valence electrons. The third kappa shape index (κ3) is 2.43. The molecule has 1 heterocycles. The molecule has 16 heavy (non-hydrogen) atoms. The van der Waals surface area contributed by atoms with Gasteiger partial charge in [-0.2, -0.15) is 0 Å². The number of rotatable bonds is 2. The van der Waals surface area contributed by atoms with E-state index in [4.69, 9.17) is 17.3 Å². The van der Waals surface area contributed by atoms with Crippen LogP contribution in [0.5, 0.6) is 0 Å². The Hall–Kier alpha value is -0.900. The molecule has 0 aliphatic rings. The van der Waals surface area contributed by atoms with Gasteiger partial charge in [0.1, 0.15) is 5.01 Å². The van der Waals surface area contributed by atoms with Crippen LogP contribution in [0.1, 0.15) is 18.9 Å². The molecule has 0 aliphatic carbocycles. The summed E-state index contributed by atoms with van der Waals surface area (Å²) in [7, 11) is 0. The molecule has 0 radical (unpaired) electrons. The minimum absolute atomic E-state index is 0.380. The highest BCUT2D eigenvalue weighted by atomic mass is 35.5. The van der Waals surface area contributed by atoms with E-state index in [0.717, 1.165) is 21.3 Å². The fourth-order valence-corrected chi connectivity index (χ4v) is 2.32. The Morgan fingerprint density at radius 2 is 1.88 bits per heavy atom. The first-order valence-corrected chi connectivity index (χ1v) is 6.23. The van der Waals surface area contributed by atoms with Crippen molar-refractivity contribution < 1.29 is 0 Å². The van der Waals surface area contributed by atoms with Crippen molar-refractivity contribution in [1.29, 1.82) is 0 Å². The van der Waals surface area contributed by atoms with Crippen LogP contribution in [0.15, 0.2) is 29.6 Å². The van der Waals surface area contributed by atoms with Crippen LogP contribution in [0.4, 0.5) is 0 Å². The van der Waals surface area contributed by atoms with Crippen molar-refractivity contribution in [2.45, 2.75) is 19.4 Å². The summed E-state index contributed by atoms with van der Waals surface area (Å²) in [5.41, 5.74) is 7.64. The highest BCUT2D eigenvalue weighted by molar-refractivity contribution is 7.10. The first kappa shape index (κ1) is 11.6. The fraction of sp³-hybridized carbons (Fsp3) is 0.250. The van der Waals surface area contributed by atoms with Gasteiger partial charge in [0.25, 0.3) is 0 Å². The second-order valence-electron chi connectivity index (χ2n) is 4.27. The molecule has 0 amide bonds. The van der Waals surface area contributed by atoms with Gasteiger partial charge < -0.3 is 5.73 Å². The largest absolute Gasteiger partial charge is 0.320 e. The molecule has 4 heteroatoms. The molecule has 0 bridgehead atoms. The monoisotopic (exact) mass is 252 g/mol. The highest BCUT2D eigenvalue weighted by Gasteiger charge is 2.18. The summed E-state index contributed by atoms with van der Waals surface area (Å²) in [4.78, 5) is 4.53. The van der Waals surface area contributed by atoms with E-state index in [2.05, 4.69) is 4.98 Å². The highest BCUT2D eigenvalue weighted by Crippen LogP contribution is 2.27. The van der Waals surface area contributed by atoms with Crippen LogP contribution in [-0.4, -0.2) is 4.98 Å². The zero-order valence-corrected chi connectivity index (χ0v) is 10.8. The quantitative estimate of drug-likeness (QED) is 0.886. The lowest BCUT2D eigenvalue weighted by Crippen LogP contribution is -2.28. The van der Waals surface area contributed by atoms with Crippen LogP contribution in [0.2, 0.25) is 5.02 Å². The van der Waals surface area contributed by atoms with Crippen molar-refractivity contribution in [3.05, 3.63) is 39.7 Å². The van der Waals surface area contributed by atoms with Crippen molar-refractivity contribution >= 4 is 22.9 Å². The maximum Gasteiger partial charge on any atom is 0.113 e. The van der Waals surface area contributed by atoms with E-state index in [1.807, 2.05) is 43.5 Å². The van der Waals surface area contributed by atoms with Crippen LogP contribution in [0, 0.1) is 0 Å². The number of nitrogens with zero attached hydrogens (tertiary/aromatic N) is 1. The van der Waals surface area contributed by atoms with E-state index in [-0.39, 0.29) is 5.54 Å². The topological polar surface area (TPSA) is 38.9 Å². The zero-order valence-electron chi connectivity index (χ0n) is 9.20. The second-order valence-corrected chi connectivity index (χ2v) is 5.56. The Bertz CT molecular complexity index is 482. The minimum Gasteiger partial charge on any atom is -0.320 e. The molecular formula is C12H13ClN2S. The third-order valence-electron chi connectivity index (χ3n) is 2.20. The van der Waals surface area contributed by atoms with Gasteiger partial charge in [0, 0.05) is 16.0 Å². The molecule has 2 aromatic rings. The van der Waals surface area contributed by atoms with Gasteiger partial charge in [0.15, 0.2) is 0 Å². The Balaban J connectivity index is 2.35. The average Bonchev–Trinajstić information content (AvgIpc) is 2.67. The lowest BCUT2D eigenvalue weighted by molar-refractivity contribution is 0.551. The molecule has 0 fully saturated rings. The van der Waals surface area contributed by atoms with Gasteiger partial charge in [-0.05, 0) is 26.0 Å². The molecule has 0 spiro atoms. The van der Waals surface area contributed by atoms with Gasteiger partial charge in [-0.3, -0.25) is 0 Å². The van der Waals surface area contributed by atoms with Gasteiger partial charge in [-0.15, -0.1) is 11.3 Å². The van der Waals surface area contributed by atoms with Crippen molar-refractivity contribution in [2.75, 3.05) is 0 Å². The number of thiazole rings is 1. The van der Waals surface area contributed by atoms with E-state index in [1.54, 1.807) is 11.3 Å². The summed E-state index contributed by atoms with van der Waals surface area (Å²) in [6.45, 7) is 3.91. The van der Waals surface area contributed by atoms with E-state index in [1.165, 1.54) is 0 Å². The van der Waals surface area contributed by atoms with E-state index < -0.39 is 0 Å². The summed E-state index contributed by atoms with van der Waals surface area (Å²) >= 11 is 7.43. The van der Waals surface area contributed by atoms with Gasteiger partial charge in [-0.1, -0.05) is 23.7 Å². The van der Waals surface area contributed by atoms with Crippen molar-refractivity contribution in [1.82, 2.24) is 4.98 Å². The van der Waals surface area contributed by atoms with E-state index in [9.17, 15) is 0 Å². The molecule has 0 unspecified atom stereocenters. The molecular weight excluding hydrogens is 240 g/mol. The van der Waals surface area contributed by atoms with E-state index >= 15 is 0 Å². The third-order valence-corrected chi connectivity index (χ3v) is 3.63. The average molecular weight is 253 g/mol. The predicted octanol–water partition coefficient (Wildman–Crippen LogP) is 3.66. The van der Waals surface area contributed by atoms with Crippen molar-refractivity contribution in [3.8, 4) is 11.3 Å². The number of benzene rings is 1. The van der Waals surface area contributed by atoms with Crippen molar-refractivity contribution in [3.63, 3.8) is 0 Å². The lowest BCUT2D eigenvalue weighted by Gasteiger charge is -2.13. The molecule has 0 saturated heterocycles. The molecule has 0 saturated carbocycles. The fourth-order valence-electron chi connectivity index (χ4n) is 1.32. The molecule has 2 nitrogen and oxygen atoms in total. The standard InChI is InChI=1S/C12H13ClN2S/c1-12(2,14)11-15-10(7-16-11)8-3-5-9(13)6-4-8/h3-7H,14H2,1-2H3. The summed E-state index contributed by atoms with van der Waals surface area (Å²) < 4.78 is 0. The number of nitrogens with two attached hydrogens (primary N) is 1. The van der Waals surface area contributed by atoms with Crippen LogP contribution in [0.25, 0.3) is 11.3 Å². The Kier molecular flexibility index (Phi) is 3.02. The molecule has 2 N–H and O–H groups in total. The van der Waals surface area contributed by atoms with Gasteiger partial charge >= 0.3 is 0 Å². The Morgan fingerprint density at radius 1 is 1.25 bits per heavy atom. The lowest BCUT2D eigenvalue weighted by atomic mass is 10.1. The molecule has 0 atom stereocenters. The Labute approximate surface area is 104 Å². The Morgan fingerprint density at radius 3 is 2.38 bits per heavy atom. The van der Waals surface area contributed by atoms with Gasteiger partial charge in [0.05, 0.1) is 11.2 Å². The number of aromatic nitrogens is 1. The number of hydrogen-bond donors (Lipinski definition) is 1. The number of hydrogen-bond acceptors (Lipinski definition) is 3. The summed E-state index contributed by atoms with van der Waals surface area (Å²) in [5.74, 6) is 0. The van der Waals surface area contributed by atoms with Gasteiger partial charge in [-0.25, -0.2) is 4.98 Å². The van der Waals surface area contributed by atoms with Crippen LogP contribution in [-0.2, 0) is 5.54 Å². The molecule has 0 aliphatic heterocycles. The maximum atomic E-state index is 6.00. The predicted molar refractivity (Wildman–Crippen MR) is 69.8 cm³/mol. The normalized spacial score (nSPS) is 11.8. The maximum absolute atomic E-state index is 6.00. The van der Waals surface area contributed by atoms with Crippen LogP contribution >= 0.6 is 22.9 Å². The smallest absolute Gasteiger partial charge is 0.113 e. The zero-order chi connectivity index (χ0) is 11.8. The van der Waals surface area contributed by atoms with Crippen LogP contribution < -0.4 is 5.73 Å². The second kappa shape index (κ2) is 4.17. The summed E-state index contributed by atoms with van der Waals surface area (Å²) in [5, 5.41) is 3.70. The van der Waals surface area contributed by atoms with Crippen LogP contribution in [0.3, 0.4) is 0 Å². The first-order chi connectivity index (χ1) is 7.47. The summed E-state index contributed by atoms with van der Waals surface area (Å²) in [6.07, 6.45) is 0. The number of halogens is 1. The SMILES string of the molecule is CC(C)(N)c1nc(-c2ccc(Cl)cc2)cs1. The molecule has 1 aromatic carbocycles. The molecule has 1 aromatic heterocycles.